The second-order valence-electron chi connectivity index (χ2n) is 5.44. The Morgan fingerprint density at radius 1 is 0.696 bits per heavy atom. The van der Waals surface area contributed by atoms with Gasteiger partial charge in [0.1, 0.15) is 24.2 Å². The van der Waals surface area contributed by atoms with Crippen molar-refractivity contribution >= 4 is 47.2 Å². The van der Waals surface area contributed by atoms with Crippen molar-refractivity contribution in [1.29, 1.82) is 0 Å². The summed E-state index contributed by atoms with van der Waals surface area (Å²) in [7, 11) is 0. The number of carbonyl (C=O) groups is 4. The Labute approximate surface area is 142 Å². The van der Waals surface area contributed by atoms with Crippen molar-refractivity contribution in [2.75, 3.05) is 16.6 Å². The van der Waals surface area contributed by atoms with Gasteiger partial charge in [0.25, 0.3) is 0 Å². The second kappa shape index (κ2) is 7.91. The van der Waals surface area contributed by atoms with E-state index >= 15 is 0 Å². The van der Waals surface area contributed by atoms with Crippen molar-refractivity contribution < 1.29 is 19.2 Å². The molecule has 0 aliphatic carbocycles. The molecule has 128 valence electrons. The third kappa shape index (κ3) is 4.77. The first-order chi connectivity index (χ1) is 10.9. The summed E-state index contributed by atoms with van der Waals surface area (Å²) in [5.41, 5.74) is 0. The fourth-order valence-corrected chi connectivity index (χ4v) is 4.29. The molecule has 4 N–H and O–H groups in total. The second-order valence-corrected chi connectivity index (χ2v) is 7.87. The van der Waals surface area contributed by atoms with E-state index in [0.29, 0.717) is 16.6 Å². The lowest BCUT2D eigenvalue weighted by molar-refractivity contribution is -0.135. The predicted molar refractivity (Wildman–Crippen MR) is 88.9 cm³/mol. The molecule has 2 unspecified atom stereocenters. The van der Waals surface area contributed by atoms with Crippen LogP contribution in [0, 0.1) is 0 Å². The lowest BCUT2D eigenvalue weighted by Crippen LogP contribution is -2.61. The number of rotatable bonds is 6. The van der Waals surface area contributed by atoms with Gasteiger partial charge in [0.05, 0.1) is 0 Å². The Kier molecular flexibility index (Phi) is 6.17. The molecule has 2 heterocycles. The average molecular weight is 360 g/mol. The van der Waals surface area contributed by atoms with Crippen molar-refractivity contribution in [2.45, 2.75) is 38.0 Å². The van der Waals surface area contributed by atoms with Crippen LogP contribution in [0.15, 0.2) is 0 Å². The zero-order valence-corrected chi connectivity index (χ0v) is 14.5. The van der Waals surface area contributed by atoms with E-state index in [-0.39, 0.29) is 23.6 Å². The zero-order valence-electron chi connectivity index (χ0n) is 12.9. The van der Waals surface area contributed by atoms with E-state index in [2.05, 4.69) is 21.3 Å². The van der Waals surface area contributed by atoms with Crippen LogP contribution in [0.5, 0.6) is 0 Å². The maximum Gasteiger partial charge on any atom is 0.244 e. The summed E-state index contributed by atoms with van der Waals surface area (Å²) in [6, 6.07) is -2.03. The van der Waals surface area contributed by atoms with Gasteiger partial charge in [-0.3, -0.25) is 19.2 Å². The van der Waals surface area contributed by atoms with Gasteiger partial charge < -0.3 is 21.3 Å². The Morgan fingerprint density at radius 2 is 1.09 bits per heavy atom. The predicted octanol–water partition coefficient (Wildman–Crippen LogP) is -1.58. The Bertz CT molecular complexity index is 472. The lowest BCUT2D eigenvalue weighted by Gasteiger charge is -2.28. The number of amides is 4. The molecule has 4 atom stereocenters. The smallest absolute Gasteiger partial charge is 0.244 e. The monoisotopic (exact) mass is 360 g/mol. The molecule has 4 amide bonds. The van der Waals surface area contributed by atoms with E-state index in [1.54, 1.807) is 13.8 Å². The first kappa shape index (κ1) is 17.9. The summed E-state index contributed by atoms with van der Waals surface area (Å²) in [4.78, 5) is 46.5. The molecule has 2 saturated heterocycles. The molecule has 0 aromatic rings. The number of thioether (sulfide) groups is 2. The molecule has 23 heavy (non-hydrogen) atoms. The van der Waals surface area contributed by atoms with Crippen molar-refractivity contribution in [2.24, 2.45) is 0 Å². The van der Waals surface area contributed by atoms with Crippen LogP contribution in [0.3, 0.4) is 0 Å². The number of piperazine rings is 2. The highest BCUT2D eigenvalue weighted by atomic mass is 32.2. The van der Waals surface area contributed by atoms with Gasteiger partial charge in [0, 0.05) is 16.6 Å². The summed E-state index contributed by atoms with van der Waals surface area (Å²) < 4.78 is 0. The van der Waals surface area contributed by atoms with Gasteiger partial charge in [-0.25, -0.2) is 0 Å². The molecular weight excluding hydrogens is 340 g/mol. The quantitative estimate of drug-likeness (QED) is 0.335. The molecule has 0 bridgehead atoms. The van der Waals surface area contributed by atoms with Crippen molar-refractivity contribution in [1.82, 2.24) is 21.3 Å². The molecule has 2 rings (SSSR count). The van der Waals surface area contributed by atoms with E-state index in [1.807, 2.05) is 0 Å². The van der Waals surface area contributed by atoms with Crippen LogP contribution >= 0.6 is 23.5 Å². The Balaban J connectivity index is 1.64. The number of hydrogen-bond donors (Lipinski definition) is 4. The van der Waals surface area contributed by atoms with Gasteiger partial charge in [0.2, 0.25) is 23.6 Å². The van der Waals surface area contributed by atoms with Crippen molar-refractivity contribution in [3.05, 3.63) is 0 Å². The van der Waals surface area contributed by atoms with E-state index in [1.165, 1.54) is 23.5 Å². The normalized spacial score (nSPS) is 31.0. The largest absolute Gasteiger partial charge is 0.343 e. The first-order valence-electron chi connectivity index (χ1n) is 7.25. The molecule has 2 aliphatic heterocycles. The number of nitrogens with one attached hydrogen (secondary N) is 4. The molecule has 0 saturated carbocycles. The van der Waals surface area contributed by atoms with E-state index < -0.39 is 24.2 Å². The SMILES string of the molecule is CC1NC(=O)[C@H](CSCSC[C@@H]2NC(=O)C(C)NC2=O)NC1=O. The van der Waals surface area contributed by atoms with Gasteiger partial charge >= 0.3 is 0 Å². The summed E-state index contributed by atoms with van der Waals surface area (Å²) >= 11 is 3.00. The molecular formula is C13H20N4O4S2. The summed E-state index contributed by atoms with van der Waals surface area (Å²) in [5.74, 6) is 0.219. The van der Waals surface area contributed by atoms with Crippen LogP contribution in [0.2, 0.25) is 0 Å². The standard InChI is InChI=1S/C13H20N4O4S2/c1-6-10(18)16-8(12(20)14-6)3-22-5-23-4-9-13(21)15-7(2)11(19)17-9/h6-9H,3-5H2,1-2H3,(H,14,20)(H,15,21)(H,16,18)(H,17,19)/t6?,7?,8-,9-/m0/s1. The summed E-state index contributed by atoms with van der Waals surface area (Å²) in [6.07, 6.45) is 0. The van der Waals surface area contributed by atoms with Crippen LogP contribution < -0.4 is 21.3 Å². The number of hydrogen-bond acceptors (Lipinski definition) is 6. The fraction of sp³-hybridized carbons (Fsp3) is 0.692. The summed E-state index contributed by atoms with van der Waals surface area (Å²) in [5, 5.41) is 11.2. The minimum atomic E-state index is -0.525. The molecule has 2 fully saturated rings. The van der Waals surface area contributed by atoms with Crippen LogP contribution in [0.4, 0.5) is 0 Å². The topological polar surface area (TPSA) is 116 Å². The maximum absolute atomic E-state index is 11.7. The zero-order chi connectivity index (χ0) is 17.0. The van der Waals surface area contributed by atoms with Gasteiger partial charge in [-0.1, -0.05) is 0 Å². The van der Waals surface area contributed by atoms with Crippen LogP contribution in [0.25, 0.3) is 0 Å². The third-order valence-corrected chi connectivity index (χ3v) is 5.98. The minimum Gasteiger partial charge on any atom is -0.343 e. The highest BCUT2D eigenvalue weighted by molar-refractivity contribution is 8.16. The van der Waals surface area contributed by atoms with Gasteiger partial charge in [-0.15, -0.1) is 23.5 Å². The molecule has 0 aromatic carbocycles. The van der Waals surface area contributed by atoms with Gasteiger partial charge in [-0.05, 0) is 13.8 Å². The molecule has 0 radical (unpaired) electrons. The minimum absolute atomic E-state index is 0.178. The van der Waals surface area contributed by atoms with Crippen LogP contribution in [-0.2, 0) is 19.2 Å². The molecule has 2 aliphatic rings. The Hall–Kier alpha value is -1.42. The highest BCUT2D eigenvalue weighted by Gasteiger charge is 2.32. The van der Waals surface area contributed by atoms with Gasteiger partial charge in [-0.2, -0.15) is 0 Å². The van der Waals surface area contributed by atoms with Gasteiger partial charge in [0.15, 0.2) is 0 Å². The van der Waals surface area contributed by atoms with Crippen molar-refractivity contribution in [3.63, 3.8) is 0 Å². The molecule has 10 heteroatoms. The molecule has 0 spiro atoms. The highest BCUT2D eigenvalue weighted by Crippen LogP contribution is 2.16. The lowest BCUT2D eigenvalue weighted by atomic mass is 10.2. The van der Waals surface area contributed by atoms with E-state index in [4.69, 9.17) is 0 Å². The first-order valence-corrected chi connectivity index (χ1v) is 9.56. The van der Waals surface area contributed by atoms with Crippen LogP contribution in [0.1, 0.15) is 13.8 Å². The molecule has 8 nitrogen and oxygen atoms in total. The fourth-order valence-electron chi connectivity index (χ4n) is 2.11. The number of carbonyl (C=O) groups excluding carboxylic acids is 4. The summed E-state index contributed by atoms with van der Waals surface area (Å²) in [6.45, 7) is 3.27. The maximum atomic E-state index is 11.7. The van der Waals surface area contributed by atoms with Crippen LogP contribution in [-0.4, -0.2) is 64.4 Å². The third-order valence-electron chi connectivity index (χ3n) is 3.51. The average Bonchev–Trinajstić information content (AvgIpc) is 2.49. The molecule has 0 aromatic heterocycles. The van der Waals surface area contributed by atoms with E-state index in [0.717, 1.165) is 0 Å². The van der Waals surface area contributed by atoms with E-state index in [9.17, 15) is 19.2 Å². The van der Waals surface area contributed by atoms with Crippen molar-refractivity contribution in [3.8, 4) is 0 Å². The Morgan fingerprint density at radius 3 is 1.48 bits per heavy atom.